The minimum absolute atomic E-state index is 0.0908. The quantitative estimate of drug-likeness (QED) is 0.420. The third kappa shape index (κ3) is 7.09. The van der Waals surface area contributed by atoms with Gasteiger partial charge in [-0.2, -0.15) is 8.42 Å². The highest BCUT2D eigenvalue weighted by Gasteiger charge is 2.53. The van der Waals surface area contributed by atoms with Crippen LogP contribution < -0.4 is 0 Å². The molecule has 0 aromatic heterocycles. The van der Waals surface area contributed by atoms with Crippen molar-refractivity contribution in [2.75, 3.05) is 12.9 Å². The molecular weight excluding hydrogens is 440 g/mol. The van der Waals surface area contributed by atoms with Crippen molar-refractivity contribution < 1.29 is 31.7 Å². The predicted molar refractivity (Wildman–Crippen MR) is 125 cm³/mol. The Labute approximate surface area is 185 Å². The van der Waals surface area contributed by atoms with E-state index >= 15 is 0 Å². The van der Waals surface area contributed by atoms with E-state index in [9.17, 15) is 18.6 Å². The van der Waals surface area contributed by atoms with Crippen LogP contribution in [0.5, 0.6) is 0 Å². The minimum atomic E-state index is -3.79. The maximum absolute atomic E-state index is 12.1. The first-order valence-corrected chi connectivity index (χ1v) is 18.2. The van der Waals surface area contributed by atoms with Crippen LogP contribution in [-0.2, 0) is 23.2 Å². The van der Waals surface area contributed by atoms with Gasteiger partial charge in [0.15, 0.2) is 16.6 Å². The molecule has 0 aromatic rings. The normalized spacial score (nSPS) is 29.8. The number of hydrogen-bond donors (Lipinski definition) is 2. The predicted octanol–water partition coefficient (Wildman–Crippen LogP) is 3.63. The van der Waals surface area contributed by atoms with Gasteiger partial charge in [-0.1, -0.05) is 41.5 Å². The molecule has 0 spiro atoms. The lowest BCUT2D eigenvalue weighted by Gasteiger charge is -2.51. The number of hydrogen-bond acceptors (Lipinski definition) is 7. The van der Waals surface area contributed by atoms with E-state index in [1.807, 2.05) is 0 Å². The van der Waals surface area contributed by atoms with Crippen molar-refractivity contribution in [1.29, 1.82) is 0 Å². The topological polar surface area (TPSA) is 102 Å². The fourth-order valence-corrected chi connectivity index (χ4v) is 6.39. The van der Waals surface area contributed by atoms with Gasteiger partial charge in [-0.05, 0) is 36.3 Å². The van der Waals surface area contributed by atoms with Crippen LogP contribution >= 0.6 is 0 Å². The molecule has 2 atom stereocenters. The molecule has 2 N–H and O–H groups in total. The van der Waals surface area contributed by atoms with E-state index in [4.69, 9.17) is 13.0 Å². The van der Waals surface area contributed by atoms with Crippen molar-refractivity contribution in [2.45, 2.75) is 115 Å². The summed E-state index contributed by atoms with van der Waals surface area (Å²) < 4.78 is 42.9. The average molecular weight is 485 g/mol. The summed E-state index contributed by atoms with van der Waals surface area (Å²) in [6.45, 7) is 20.4. The van der Waals surface area contributed by atoms with Gasteiger partial charge in [0, 0.05) is 12.8 Å². The van der Waals surface area contributed by atoms with E-state index in [2.05, 4.69) is 67.7 Å². The molecule has 180 valence electrons. The summed E-state index contributed by atoms with van der Waals surface area (Å²) in [5.41, 5.74) is -1.42. The largest absolute Gasteiger partial charge is 0.411 e. The Morgan fingerprint density at radius 1 is 0.900 bits per heavy atom. The first-order chi connectivity index (χ1) is 13.0. The molecular formula is C20H44O7SSi2. The Morgan fingerprint density at radius 2 is 1.23 bits per heavy atom. The first-order valence-electron chi connectivity index (χ1n) is 10.6. The molecule has 0 aromatic carbocycles. The van der Waals surface area contributed by atoms with E-state index < -0.39 is 57.3 Å². The molecule has 7 nitrogen and oxygen atoms in total. The maximum Gasteiger partial charge on any atom is 0.264 e. The van der Waals surface area contributed by atoms with Crippen molar-refractivity contribution in [1.82, 2.24) is 0 Å². The average Bonchev–Trinajstić information content (AvgIpc) is 2.47. The molecule has 0 bridgehead atoms. The molecule has 0 radical (unpaired) electrons. The van der Waals surface area contributed by atoms with Crippen molar-refractivity contribution >= 4 is 26.8 Å². The third-order valence-corrected chi connectivity index (χ3v) is 16.6. The second-order valence-electron chi connectivity index (χ2n) is 11.9. The van der Waals surface area contributed by atoms with Gasteiger partial charge in [-0.15, -0.1) is 0 Å². The lowest BCUT2D eigenvalue weighted by Crippen LogP contribution is -2.62. The van der Waals surface area contributed by atoms with E-state index in [0.717, 1.165) is 6.26 Å². The Balaban J connectivity index is 3.44. The van der Waals surface area contributed by atoms with Crippen LogP contribution in [0.1, 0.15) is 54.4 Å². The van der Waals surface area contributed by atoms with Gasteiger partial charge in [0.1, 0.15) is 6.10 Å². The highest BCUT2D eigenvalue weighted by atomic mass is 32.2. The zero-order valence-electron chi connectivity index (χ0n) is 20.7. The summed E-state index contributed by atoms with van der Waals surface area (Å²) >= 11 is 0. The summed E-state index contributed by atoms with van der Waals surface area (Å²) in [4.78, 5) is 0. The van der Waals surface area contributed by atoms with E-state index in [-0.39, 0.29) is 22.9 Å². The molecule has 0 amide bonds. The van der Waals surface area contributed by atoms with Crippen LogP contribution in [0.25, 0.3) is 0 Å². The number of rotatable bonds is 7. The molecule has 30 heavy (non-hydrogen) atoms. The monoisotopic (exact) mass is 484 g/mol. The Morgan fingerprint density at radius 3 is 1.47 bits per heavy atom. The Bertz CT molecular complexity index is 655. The molecule has 1 aliphatic carbocycles. The Hall–Kier alpha value is 0.184. The fourth-order valence-electron chi connectivity index (χ4n) is 3.09. The molecule has 1 aliphatic rings. The molecule has 10 heteroatoms. The van der Waals surface area contributed by atoms with Gasteiger partial charge >= 0.3 is 0 Å². The van der Waals surface area contributed by atoms with Gasteiger partial charge < -0.3 is 19.1 Å². The van der Waals surface area contributed by atoms with Crippen molar-refractivity contribution in [2.24, 2.45) is 0 Å². The molecule has 0 saturated heterocycles. The smallest absolute Gasteiger partial charge is 0.264 e. The summed E-state index contributed by atoms with van der Waals surface area (Å²) in [5, 5.41) is 20.7. The summed E-state index contributed by atoms with van der Waals surface area (Å²) in [6.07, 6.45) is -1.09. The summed E-state index contributed by atoms with van der Waals surface area (Å²) in [6, 6.07) is 0. The molecule has 0 heterocycles. The molecule has 0 unspecified atom stereocenters. The van der Waals surface area contributed by atoms with E-state index in [1.54, 1.807) is 0 Å². The standard InChI is InChI=1S/C20H44O7SSi2/c1-18(2,3)29(8,9)26-15-12-20(22,14-21)13-16(17(15)25-28(7,23)24)27-30(10,11)19(4,5)6/h15-17,21-22H,12-14H2,1-11H3/t15-,16-,17?,20?/m1/s1. The van der Waals surface area contributed by atoms with E-state index in [1.165, 1.54) is 0 Å². The summed E-state index contributed by atoms with van der Waals surface area (Å²) in [5.74, 6) is 0. The van der Waals surface area contributed by atoms with Gasteiger partial charge in [0.2, 0.25) is 0 Å². The lowest BCUT2D eigenvalue weighted by atomic mass is 9.80. The Kier molecular flexibility index (Phi) is 8.32. The number of aliphatic hydroxyl groups excluding tert-OH is 1. The van der Waals surface area contributed by atoms with Crippen molar-refractivity contribution in [3.05, 3.63) is 0 Å². The zero-order valence-corrected chi connectivity index (χ0v) is 23.5. The van der Waals surface area contributed by atoms with Crippen LogP contribution in [-0.4, -0.2) is 72.0 Å². The third-order valence-electron chi connectivity index (χ3n) is 6.98. The SMILES string of the molecule is CC(C)(C)[Si](C)(C)O[C@@H]1CC(O)(CO)C[C@@H](O[Si](C)(C)C(C)(C)C)C1OS(C)(=O)=O. The molecule has 0 aliphatic heterocycles. The van der Waals surface area contributed by atoms with Crippen LogP contribution in [0.2, 0.25) is 36.3 Å². The second kappa shape index (κ2) is 8.85. The number of aliphatic hydroxyl groups is 2. The maximum atomic E-state index is 12.1. The van der Waals surface area contributed by atoms with Crippen LogP contribution in [0.15, 0.2) is 0 Å². The summed E-state index contributed by atoms with van der Waals surface area (Å²) in [7, 11) is -8.43. The van der Waals surface area contributed by atoms with Gasteiger partial charge in [0.25, 0.3) is 10.1 Å². The van der Waals surface area contributed by atoms with Gasteiger partial charge in [-0.25, -0.2) is 0 Å². The first kappa shape index (κ1) is 28.2. The van der Waals surface area contributed by atoms with E-state index in [0.29, 0.717) is 0 Å². The van der Waals surface area contributed by atoms with Crippen molar-refractivity contribution in [3.8, 4) is 0 Å². The highest BCUT2D eigenvalue weighted by molar-refractivity contribution is 7.86. The van der Waals surface area contributed by atoms with Gasteiger partial charge in [-0.3, -0.25) is 4.18 Å². The zero-order chi connectivity index (χ0) is 24.0. The minimum Gasteiger partial charge on any atom is -0.411 e. The van der Waals surface area contributed by atoms with Crippen LogP contribution in [0.4, 0.5) is 0 Å². The highest BCUT2D eigenvalue weighted by Crippen LogP contribution is 2.44. The van der Waals surface area contributed by atoms with Crippen molar-refractivity contribution in [3.63, 3.8) is 0 Å². The lowest BCUT2D eigenvalue weighted by molar-refractivity contribution is -0.150. The second-order valence-corrected chi connectivity index (χ2v) is 23.0. The molecule has 1 fully saturated rings. The van der Waals surface area contributed by atoms with Gasteiger partial charge in [0.05, 0.1) is 30.7 Å². The van der Waals surface area contributed by atoms with Crippen LogP contribution in [0.3, 0.4) is 0 Å². The molecule has 1 rings (SSSR count). The molecule has 1 saturated carbocycles. The van der Waals surface area contributed by atoms with Crippen LogP contribution in [0, 0.1) is 0 Å². The fraction of sp³-hybridized carbons (Fsp3) is 1.00.